The topological polar surface area (TPSA) is 132 Å². The van der Waals surface area contributed by atoms with Gasteiger partial charge < -0.3 is 26.0 Å². The molecule has 9 nitrogen and oxygen atoms in total. The summed E-state index contributed by atoms with van der Waals surface area (Å²) in [5.41, 5.74) is 16.1. The zero-order valence-corrected chi connectivity index (χ0v) is 19.0. The predicted octanol–water partition coefficient (Wildman–Crippen LogP) is 2.48. The molecule has 5 rings (SSSR count). The molecule has 0 saturated carbocycles. The van der Waals surface area contributed by atoms with Crippen LogP contribution >= 0.6 is 0 Å². The van der Waals surface area contributed by atoms with E-state index in [2.05, 4.69) is 24.8 Å². The van der Waals surface area contributed by atoms with Gasteiger partial charge in [0.25, 0.3) is 0 Å². The predicted molar refractivity (Wildman–Crippen MR) is 128 cm³/mol. The van der Waals surface area contributed by atoms with E-state index >= 15 is 0 Å². The van der Waals surface area contributed by atoms with Crippen molar-refractivity contribution in [2.45, 2.75) is 37.9 Å². The number of piperidine rings is 1. The van der Waals surface area contributed by atoms with Crippen LogP contribution in [0.5, 0.6) is 0 Å². The lowest BCUT2D eigenvalue weighted by Crippen LogP contribution is -2.53. The third-order valence-electron chi connectivity index (χ3n) is 6.52. The fourth-order valence-electron chi connectivity index (χ4n) is 4.77. The SMILES string of the molecule is Nc1ncnc2c1ncn2Cc1cc(-c2ccc(F)c(F)c2)ncc1N1CCC[C@@H](N)[C@H]1CCO. The van der Waals surface area contributed by atoms with E-state index in [1.165, 1.54) is 12.4 Å². The highest BCUT2D eigenvalue weighted by Crippen LogP contribution is 2.32. The molecule has 0 unspecified atom stereocenters. The molecule has 5 N–H and O–H groups in total. The number of hydrogen-bond acceptors (Lipinski definition) is 8. The molecule has 1 aliphatic heterocycles. The van der Waals surface area contributed by atoms with Crippen LogP contribution in [0.25, 0.3) is 22.4 Å². The van der Waals surface area contributed by atoms with Crippen LogP contribution in [0.1, 0.15) is 24.8 Å². The maximum atomic E-state index is 13.9. The smallest absolute Gasteiger partial charge is 0.165 e. The molecule has 1 saturated heterocycles. The van der Waals surface area contributed by atoms with Gasteiger partial charge in [-0.3, -0.25) is 4.98 Å². The van der Waals surface area contributed by atoms with Gasteiger partial charge in [-0.1, -0.05) is 0 Å². The van der Waals surface area contributed by atoms with Gasteiger partial charge in [-0.05, 0) is 49.1 Å². The van der Waals surface area contributed by atoms with Crippen molar-refractivity contribution < 1.29 is 13.9 Å². The second-order valence-corrected chi connectivity index (χ2v) is 8.71. The molecular formula is C24H26F2N8O. The van der Waals surface area contributed by atoms with E-state index < -0.39 is 11.6 Å². The van der Waals surface area contributed by atoms with Crippen LogP contribution in [0.2, 0.25) is 0 Å². The number of nitrogens with zero attached hydrogens (tertiary/aromatic N) is 6. The molecule has 1 aromatic carbocycles. The lowest BCUT2D eigenvalue weighted by atomic mass is 9.93. The van der Waals surface area contributed by atoms with Gasteiger partial charge in [0.15, 0.2) is 23.1 Å². The van der Waals surface area contributed by atoms with E-state index in [9.17, 15) is 13.9 Å². The Hall–Kier alpha value is -3.70. The Morgan fingerprint density at radius 2 is 1.94 bits per heavy atom. The lowest BCUT2D eigenvalue weighted by Gasteiger charge is -2.42. The Bertz CT molecular complexity index is 1360. The van der Waals surface area contributed by atoms with Gasteiger partial charge >= 0.3 is 0 Å². The van der Waals surface area contributed by atoms with Crippen molar-refractivity contribution in [2.24, 2.45) is 5.73 Å². The molecule has 4 aromatic rings. The lowest BCUT2D eigenvalue weighted by molar-refractivity contribution is 0.252. The Morgan fingerprint density at radius 1 is 1.09 bits per heavy atom. The van der Waals surface area contributed by atoms with E-state index in [0.717, 1.165) is 42.8 Å². The van der Waals surface area contributed by atoms with Crippen LogP contribution < -0.4 is 16.4 Å². The number of benzene rings is 1. The number of aromatic nitrogens is 5. The van der Waals surface area contributed by atoms with Crippen molar-refractivity contribution in [1.29, 1.82) is 0 Å². The van der Waals surface area contributed by atoms with E-state index in [1.807, 2.05) is 10.6 Å². The van der Waals surface area contributed by atoms with Gasteiger partial charge in [0.2, 0.25) is 0 Å². The minimum Gasteiger partial charge on any atom is -0.396 e. The maximum absolute atomic E-state index is 13.9. The van der Waals surface area contributed by atoms with E-state index in [1.54, 1.807) is 12.5 Å². The number of nitrogen functional groups attached to an aromatic ring is 1. The number of anilines is 2. The Balaban J connectivity index is 1.61. The fourth-order valence-corrected chi connectivity index (χ4v) is 4.77. The second kappa shape index (κ2) is 9.51. The largest absolute Gasteiger partial charge is 0.396 e. The molecule has 11 heteroatoms. The van der Waals surface area contributed by atoms with Crippen molar-refractivity contribution >= 4 is 22.7 Å². The number of aliphatic hydroxyl groups excluding tert-OH is 1. The number of nitrogens with two attached hydrogens (primary N) is 2. The monoisotopic (exact) mass is 480 g/mol. The number of imidazole rings is 1. The average molecular weight is 481 g/mol. The summed E-state index contributed by atoms with van der Waals surface area (Å²) in [5, 5.41) is 9.66. The van der Waals surface area contributed by atoms with Gasteiger partial charge in [0, 0.05) is 30.8 Å². The molecular weight excluding hydrogens is 454 g/mol. The average Bonchev–Trinajstić information content (AvgIpc) is 3.26. The molecule has 0 spiro atoms. The second-order valence-electron chi connectivity index (χ2n) is 8.71. The third-order valence-corrected chi connectivity index (χ3v) is 6.52. The van der Waals surface area contributed by atoms with E-state index in [4.69, 9.17) is 11.5 Å². The molecule has 182 valence electrons. The van der Waals surface area contributed by atoms with Gasteiger partial charge in [-0.2, -0.15) is 0 Å². The van der Waals surface area contributed by atoms with Crippen LogP contribution in [0.4, 0.5) is 20.3 Å². The number of rotatable bonds is 6. The number of fused-ring (bicyclic) bond motifs is 1. The van der Waals surface area contributed by atoms with Crippen LogP contribution in [0, 0.1) is 11.6 Å². The molecule has 1 fully saturated rings. The highest BCUT2D eigenvalue weighted by Gasteiger charge is 2.30. The number of pyridine rings is 1. The van der Waals surface area contributed by atoms with Crippen LogP contribution in [0.3, 0.4) is 0 Å². The van der Waals surface area contributed by atoms with Crippen molar-refractivity contribution in [3.05, 3.63) is 60.3 Å². The van der Waals surface area contributed by atoms with Crippen molar-refractivity contribution in [3.63, 3.8) is 0 Å². The molecule has 0 radical (unpaired) electrons. The van der Waals surface area contributed by atoms with Crippen LogP contribution in [-0.2, 0) is 6.54 Å². The summed E-state index contributed by atoms with van der Waals surface area (Å²) in [6.07, 6.45) is 7.08. The van der Waals surface area contributed by atoms with E-state index in [0.29, 0.717) is 35.4 Å². The molecule has 0 aliphatic carbocycles. The zero-order chi connectivity index (χ0) is 24.5. The number of halogens is 2. The summed E-state index contributed by atoms with van der Waals surface area (Å²) in [4.78, 5) is 19.4. The first kappa shape index (κ1) is 23.1. The molecule has 35 heavy (non-hydrogen) atoms. The van der Waals surface area contributed by atoms with Gasteiger partial charge in [-0.15, -0.1) is 0 Å². The molecule has 1 aliphatic rings. The zero-order valence-electron chi connectivity index (χ0n) is 19.0. The molecule has 4 heterocycles. The first-order valence-electron chi connectivity index (χ1n) is 11.4. The summed E-state index contributed by atoms with van der Waals surface area (Å²) in [5.74, 6) is -1.56. The molecule has 2 atom stereocenters. The quantitative estimate of drug-likeness (QED) is 0.384. The van der Waals surface area contributed by atoms with Crippen molar-refractivity contribution in [2.75, 3.05) is 23.8 Å². The van der Waals surface area contributed by atoms with Gasteiger partial charge in [-0.25, -0.2) is 23.7 Å². The van der Waals surface area contributed by atoms with Gasteiger partial charge in [0.1, 0.15) is 11.8 Å². The molecule has 0 bridgehead atoms. The standard InChI is InChI=1S/C24H26F2N8O/c25-16-4-3-14(8-17(16)26)19-9-15(11-33-13-32-22-23(28)30-12-31-24(22)33)21(10-29-19)34-6-1-2-18(27)20(34)5-7-35/h3-4,8-10,12-13,18,20,35H,1-2,5-7,11,27H2,(H2,28,30,31)/t18-,20-/m1/s1. The normalized spacial score (nSPS) is 18.3. The fraction of sp³-hybridized carbons (Fsp3) is 0.333. The summed E-state index contributed by atoms with van der Waals surface area (Å²) < 4.78 is 29.3. The Morgan fingerprint density at radius 3 is 2.74 bits per heavy atom. The number of hydrogen-bond donors (Lipinski definition) is 3. The Kier molecular flexibility index (Phi) is 6.27. The summed E-state index contributed by atoms with van der Waals surface area (Å²) in [6, 6.07) is 5.43. The third kappa shape index (κ3) is 4.40. The minimum atomic E-state index is -0.937. The Labute approximate surface area is 200 Å². The molecule has 0 amide bonds. The summed E-state index contributed by atoms with van der Waals surface area (Å²) in [6.45, 7) is 1.16. The highest BCUT2D eigenvalue weighted by atomic mass is 19.2. The van der Waals surface area contributed by atoms with Crippen LogP contribution in [0.15, 0.2) is 43.1 Å². The first-order valence-corrected chi connectivity index (χ1v) is 11.4. The number of aliphatic hydroxyl groups is 1. The van der Waals surface area contributed by atoms with Crippen molar-refractivity contribution in [3.8, 4) is 11.3 Å². The summed E-state index contributed by atoms with van der Waals surface area (Å²) >= 11 is 0. The summed E-state index contributed by atoms with van der Waals surface area (Å²) in [7, 11) is 0. The van der Waals surface area contributed by atoms with Crippen LogP contribution in [-0.4, -0.2) is 54.8 Å². The van der Waals surface area contributed by atoms with E-state index in [-0.39, 0.29) is 24.5 Å². The maximum Gasteiger partial charge on any atom is 0.165 e. The highest BCUT2D eigenvalue weighted by molar-refractivity contribution is 5.81. The van der Waals surface area contributed by atoms with Crippen molar-refractivity contribution in [1.82, 2.24) is 24.5 Å². The minimum absolute atomic E-state index is 0.0208. The first-order chi connectivity index (χ1) is 17.0. The van der Waals surface area contributed by atoms with Gasteiger partial charge in [0.05, 0.1) is 30.5 Å². The molecule has 3 aromatic heterocycles.